The first-order valence-electron chi connectivity index (χ1n) is 8.02. The van der Waals surface area contributed by atoms with Gasteiger partial charge in [-0.25, -0.2) is 8.42 Å². The molecule has 0 radical (unpaired) electrons. The molecule has 0 aliphatic heterocycles. The van der Waals surface area contributed by atoms with E-state index in [0.717, 1.165) is 30.3 Å². The predicted octanol–water partition coefficient (Wildman–Crippen LogP) is 1.53. The summed E-state index contributed by atoms with van der Waals surface area (Å²) in [4.78, 5) is 14.4. The van der Waals surface area contributed by atoms with Crippen LogP contribution in [0.3, 0.4) is 0 Å². The molecule has 0 saturated heterocycles. The van der Waals surface area contributed by atoms with Gasteiger partial charge in [0.2, 0.25) is 15.9 Å². The quantitative estimate of drug-likeness (QED) is 0.718. The molecule has 0 bridgehead atoms. The fraction of sp³-hybridized carbons (Fsp3) is 0.588. The van der Waals surface area contributed by atoms with Crippen molar-refractivity contribution in [2.75, 3.05) is 37.7 Å². The Morgan fingerprint density at radius 1 is 1.17 bits per heavy atom. The molecular weight excluding hydrogens is 326 g/mol. The number of rotatable bonds is 8. The zero-order valence-corrected chi connectivity index (χ0v) is 16.3. The third kappa shape index (κ3) is 6.13. The van der Waals surface area contributed by atoms with Gasteiger partial charge in [0.05, 0.1) is 11.9 Å². The fourth-order valence-electron chi connectivity index (χ4n) is 2.64. The van der Waals surface area contributed by atoms with Gasteiger partial charge in [-0.05, 0) is 71.1 Å². The van der Waals surface area contributed by atoms with Crippen molar-refractivity contribution in [1.29, 1.82) is 0 Å². The Morgan fingerprint density at radius 2 is 1.71 bits per heavy atom. The van der Waals surface area contributed by atoms with Crippen molar-refractivity contribution in [3.05, 3.63) is 29.3 Å². The fourth-order valence-corrected chi connectivity index (χ4v) is 3.80. The summed E-state index contributed by atoms with van der Waals surface area (Å²) in [6.07, 6.45) is 1.94. The van der Waals surface area contributed by atoms with Crippen molar-refractivity contribution in [1.82, 2.24) is 10.2 Å². The number of nitrogens with one attached hydrogen (secondary N) is 1. The van der Waals surface area contributed by atoms with Crippen molar-refractivity contribution in [2.24, 2.45) is 0 Å². The van der Waals surface area contributed by atoms with Crippen molar-refractivity contribution in [2.45, 2.75) is 33.2 Å². The van der Waals surface area contributed by atoms with Crippen molar-refractivity contribution in [3.8, 4) is 0 Å². The molecule has 1 amide bonds. The zero-order chi connectivity index (χ0) is 18.5. The number of nitrogens with zero attached hydrogens (tertiary/aromatic N) is 2. The number of aryl methyl sites for hydroxylation is 2. The van der Waals surface area contributed by atoms with E-state index in [9.17, 15) is 13.2 Å². The second kappa shape index (κ2) is 8.48. The maximum Gasteiger partial charge on any atom is 0.243 e. The third-order valence-corrected chi connectivity index (χ3v) is 4.87. The summed E-state index contributed by atoms with van der Waals surface area (Å²) in [6, 6.07) is 4.73. The van der Waals surface area contributed by atoms with E-state index in [1.807, 2.05) is 38.9 Å². The lowest BCUT2D eigenvalue weighted by atomic mass is 10.1. The Bertz CT molecular complexity index is 651. The Morgan fingerprint density at radius 3 is 2.17 bits per heavy atom. The van der Waals surface area contributed by atoms with Crippen LogP contribution in [-0.4, -0.2) is 58.7 Å². The van der Waals surface area contributed by atoms with Crippen LogP contribution in [0.4, 0.5) is 5.69 Å². The van der Waals surface area contributed by atoms with E-state index in [0.29, 0.717) is 12.2 Å². The smallest absolute Gasteiger partial charge is 0.243 e. The van der Waals surface area contributed by atoms with Crippen LogP contribution in [0.2, 0.25) is 0 Å². The lowest BCUT2D eigenvalue weighted by Gasteiger charge is -2.29. The highest BCUT2D eigenvalue weighted by Gasteiger charge is 2.29. The summed E-state index contributed by atoms with van der Waals surface area (Å²) in [6.45, 7) is 6.80. The van der Waals surface area contributed by atoms with Gasteiger partial charge in [0.25, 0.3) is 0 Å². The number of hydrogen-bond donors (Lipinski definition) is 1. The van der Waals surface area contributed by atoms with Gasteiger partial charge in [-0.15, -0.1) is 0 Å². The minimum absolute atomic E-state index is 0.293. The van der Waals surface area contributed by atoms with Crippen molar-refractivity contribution < 1.29 is 13.2 Å². The van der Waals surface area contributed by atoms with E-state index >= 15 is 0 Å². The molecule has 136 valence electrons. The van der Waals surface area contributed by atoms with Crippen LogP contribution in [0.15, 0.2) is 18.2 Å². The number of benzene rings is 1. The van der Waals surface area contributed by atoms with Crippen LogP contribution in [0.25, 0.3) is 0 Å². The summed E-state index contributed by atoms with van der Waals surface area (Å²) in [5, 5.41) is 2.82. The highest BCUT2D eigenvalue weighted by Crippen LogP contribution is 2.23. The van der Waals surface area contributed by atoms with Gasteiger partial charge >= 0.3 is 0 Å². The maximum atomic E-state index is 12.4. The largest absolute Gasteiger partial charge is 0.354 e. The van der Waals surface area contributed by atoms with Crippen LogP contribution in [0.1, 0.15) is 24.5 Å². The second-order valence-corrected chi connectivity index (χ2v) is 8.39. The molecule has 1 rings (SSSR count). The summed E-state index contributed by atoms with van der Waals surface area (Å²) in [5.74, 6) is -0.293. The number of carbonyl (C=O) groups excluding carboxylic acids is 1. The molecule has 0 unspecified atom stereocenters. The number of carbonyl (C=O) groups is 1. The predicted molar refractivity (Wildman–Crippen MR) is 98.9 cm³/mol. The van der Waals surface area contributed by atoms with Gasteiger partial charge in [-0.1, -0.05) is 6.07 Å². The summed E-state index contributed by atoms with van der Waals surface area (Å²) in [5.41, 5.74) is 2.43. The maximum absolute atomic E-state index is 12.4. The number of hydrogen-bond acceptors (Lipinski definition) is 4. The highest BCUT2D eigenvalue weighted by molar-refractivity contribution is 7.92. The van der Waals surface area contributed by atoms with E-state index in [1.54, 1.807) is 19.1 Å². The number of amides is 1. The normalized spacial score (nSPS) is 13.0. The molecule has 1 aromatic rings. The first-order chi connectivity index (χ1) is 11.0. The molecular formula is C17H29N3O3S. The average molecular weight is 356 g/mol. The van der Waals surface area contributed by atoms with Gasteiger partial charge in [0, 0.05) is 6.54 Å². The SMILES string of the molecule is Cc1cc(C)cc(N([C@@H](C)C(=O)NCCCN(C)C)S(C)(=O)=O)c1. The van der Waals surface area contributed by atoms with Crippen LogP contribution >= 0.6 is 0 Å². The molecule has 0 aromatic heterocycles. The molecule has 1 aromatic carbocycles. The van der Waals surface area contributed by atoms with E-state index in [-0.39, 0.29) is 5.91 Å². The van der Waals surface area contributed by atoms with Gasteiger partial charge < -0.3 is 10.2 Å². The van der Waals surface area contributed by atoms with Crippen LogP contribution in [0.5, 0.6) is 0 Å². The Labute approximate surface area is 145 Å². The Hall–Kier alpha value is -1.60. The molecule has 24 heavy (non-hydrogen) atoms. The van der Waals surface area contributed by atoms with Crippen LogP contribution in [-0.2, 0) is 14.8 Å². The monoisotopic (exact) mass is 355 g/mol. The van der Waals surface area contributed by atoms with Gasteiger partial charge in [-0.3, -0.25) is 9.10 Å². The van der Waals surface area contributed by atoms with E-state index in [4.69, 9.17) is 0 Å². The van der Waals surface area contributed by atoms with Crippen LogP contribution < -0.4 is 9.62 Å². The standard InChI is InChI=1S/C17H29N3O3S/c1-13-10-14(2)12-16(11-13)20(24(6,22)23)15(3)17(21)18-8-7-9-19(4)5/h10-12,15H,7-9H2,1-6H3,(H,18,21)/t15-/m0/s1. The summed E-state index contributed by atoms with van der Waals surface area (Å²) < 4.78 is 25.7. The van der Waals surface area contributed by atoms with Gasteiger partial charge in [0.15, 0.2) is 0 Å². The Balaban J connectivity index is 2.94. The van der Waals surface area contributed by atoms with Gasteiger partial charge in [-0.2, -0.15) is 0 Å². The van der Waals surface area contributed by atoms with Crippen molar-refractivity contribution >= 4 is 21.6 Å². The molecule has 1 atom stereocenters. The van der Waals surface area contributed by atoms with Gasteiger partial charge in [0.1, 0.15) is 6.04 Å². The Kier molecular flexibility index (Phi) is 7.23. The molecule has 7 heteroatoms. The molecule has 0 aliphatic rings. The minimum atomic E-state index is -3.58. The molecule has 0 heterocycles. The van der Waals surface area contributed by atoms with E-state index < -0.39 is 16.1 Å². The second-order valence-electron chi connectivity index (χ2n) is 6.53. The first kappa shape index (κ1) is 20.4. The number of anilines is 1. The molecule has 1 N–H and O–H groups in total. The number of sulfonamides is 1. The molecule has 6 nitrogen and oxygen atoms in total. The molecule has 0 spiro atoms. The zero-order valence-electron chi connectivity index (χ0n) is 15.5. The summed E-state index contributed by atoms with van der Waals surface area (Å²) in [7, 11) is 0.361. The lowest BCUT2D eigenvalue weighted by molar-refractivity contribution is -0.121. The first-order valence-corrected chi connectivity index (χ1v) is 9.87. The van der Waals surface area contributed by atoms with E-state index in [2.05, 4.69) is 5.32 Å². The third-order valence-electron chi connectivity index (χ3n) is 3.63. The summed E-state index contributed by atoms with van der Waals surface area (Å²) >= 11 is 0. The topological polar surface area (TPSA) is 69.7 Å². The highest BCUT2D eigenvalue weighted by atomic mass is 32.2. The molecule has 0 aliphatic carbocycles. The van der Waals surface area contributed by atoms with Crippen molar-refractivity contribution in [3.63, 3.8) is 0 Å². The van der Waals surface area contributed by atoms with E-state index in [1.165, 1.54) is 4.31 Å². The lowest BCUT2D eigenvalue weighted by Crippen LogP contribution is -2.48. The van der Waals surface area contributed by atoms with Crippen LogP contribution in [0, 0.1) is 13.8 Å². The molecule has 0 fully saturated rings. The minimum Gasteiger partial charge on any atom is -0.354 e. The molecule has 0 saturated carbocycles. The average Bonchev–Trinajstić information content (AvgIpc) is 2.40.